The van der Waals surface area contributed by atoms with Crippen LogP contribution in [0.3, 0.4) is 0 Å². The second-order valence-electron chi connectivity index (χ2n) is 12.7. The van der Waals surface area contributed by atoms with Crippen molar-refractivity contribution in [2.75, 3.05) is 24.5 Å². The standard InChI is InChI=1S/C31H46N6O5/c1-20(2)41-29(39)34-27-16-21(3)37(22(4)38)28-9-8-23(17-26(27)28)24-18-32-36(19-24)15-14-35-12-10-25(11-13-35)33-30(40)42-31(5,6)7/h8-9,17-21,25,27H,10-16H2,1-7H3,(H,33,40)(H,34,39)/t21-,27+/m1/s1. The number of carbonyl (C=O) groups is 3. The highest BCUT2D eigenvalue weighted by molar-refractivity contribution is 5.94. The van der Waals surface area contributed by atoms with Gasteiger partial charge in [0.1, 0.15) is 5.60 Å². The number of nitrogens with zero attached hydrogens (tertiary/aromatic N) is 4. The lowest BCUT2D eigenvalue weighted by Gasteiger charge is -2.39. The van der Waals surface area contributed by atoms with Gasteiger partial charge < -0.3 is 29.9 Å². The van der Waals surface area contributed by atoms with Crippen molar-refractivity contribution in [1.82, 2.24) is 25.3 Å². The number of piperidine rings is 1. The molecule has 11 heteroatoms. The maximum absolute atomic E-state index is 12.5. The summed E-state index contributed by atoms with van der Waals surface area (Å²) in [5.41, 5.74) is 3.12. The molecule has 0 saturated carbocycles. The fourth-order valence-electron chi connectivity index (χ4n) is 5.70. The molecule has 1 aromatic carbocycles. The molecular weight excluding hydrogens is 536 g/mol. The van der Waals surface area contributed by atoms with Crippen molar-refractivity contribution in [3.63, 3.8) is 0 Å². The van der Waals surface area contributed by atoms with Crippen LogP contribution in [-0.2, 0) is 20.8 Å². The summed E-state index contributed by atoms with van der Waals surface area (Å²) in [6.45, 7) is 16.2. The van der Waals surface area contributed by atoms with Crippen molar-refractivity contribution in [2.45, 2.75) is 104 Å². The topological polar surface area (TPSA) is 118 Å². The number of hydrogen-bond donors (Lipinski definition) is 2. The number of rotatable bonds is 7. The van der Waals surface area contributed by atoms with Gasteiger partial charge in [-0.25, -0.2) is 9.59 Å². The van der Waals surface area contributed by atoms with Crippen molar-refractivity contribution in [3.8, 4) is 11.1 Å². The van der Waals surface area contributed by atoms with Crippen LogP contribution in [0.5, 0.6) is 0 Å². The molecule has 0 unspecified atom stereocenters. The number of nitrogens with one attached hydrogen (secondary N) is 2. The largest absolute Gasteiger partial charge is 0.447 e. The molecular formula is C31H46N6O5. The molecule has 230 valence electrons. The van der Waals surface area contributed by atoms with E-state index in [4.69, 9.17) is 9.47 Å². The van der Waals surface area contributed by atoms with Crippen LogP contribution in [0.15, 0.2) is 30.6 Å². The Labute approximate surface area is 248 Å². The third kappa shape index (κ3) is 8.24. The molecule has 0 bridgehead atoms. The van der Waals surface area contributed by atoms with Crippen LogP contribution < -0.4 is 15.5 Å². The maximum Gasteiger partial charge on any atom is 0.407 e. The summed E-state index contributed by atoms with van der Waals surface area (Å²) in [6, 6.07) is 5.79. The van der Waals surface area contributed by atoms with Gasteiger partial charge in [-0.3, -0.25) is 9.48 Å². The summed E-state index contributed by atoms with van der Waals surface area (Å²) in [4.78, 5) is 41.2. The zero-order valence-corrected chi connectivity index (χ0v) is 26.0. The normalized spacial score (nSPS) is 19.8. The lowest BCUT2D eigenvalue weighted by atomic mass is 9.89. The molecule has 1 fully saturated rings. The van der Waals surface area contributed by atoms with Gasteiger partial charge in [0.2, 0.25) is 5.91 Å². The summed E-state index contributed by atoms with van der Waals surface area (Å²) in [5.74, 6) is -0.0304. The first-order valence-corrected chi connectivity index (χ1v) is 14.9. The van der Waals surface area contributed by atoms with Crippen LogP contribution in [0, 0.1) is 0 Å². The lowest BCUT2D eigenvalue weighted by molar-refractivity contribution is -0.117. The van der Waals surface area contributed by atoms with Crippen LogP contribution in [0.4, 0.5) is 15.3 Å². The minimum absolute atomic E-state index is 0.0304. The van der Waals surface area contributed by atoms with Gasteiger partial charge in [-0.1, -0.05) is 6.07 Å². The zero-order valence-electron chi connectivity index (χ0n) is 26.0. The highest BCUT2D eigenvalue weighted by Gasteiger charge is 2.34. The Bertz CT molecular complexity index is 1260. The Morgan fingerprint density at radius 2 is 1.76 bits per heavy atom. The Kier molecular flexibility index (Phi) is 9.81. The van der Waals surface area contributed by atoms with Crippen molar-refractivity contribution < 1.29 is 23.9 Å². The number of anilines is 1. The molecule has 2 aromatic rings. The average molecular weight is 583 g/mol. The number of benzene rings is 1. The number of aromatic nitrogens is 2. The third-order valence-electron chi connectivity index (χ3n) is 7.57. The number of fused-ring (bicyclic) bond motifs is 1. The molecule has 11 nitrogen and oxygen atoms in total. The van der Waals surface area contributed by atoms with E-state index in [-0.39, 0.29) is 36.2 Å². The van der Waals surface area contributed by atoms with E-state index in [9.17, 15) is 14.4 Å². The molecule has 42 heavy (non-hydrogen) atoms. The number of alkyl carbamates (subject to hydrolysis) is 2. The Morgan fingerprint density at radius 3 is 2.40 bits per heavy atom. The first kappa shape index (κ1) is 31.3. The van der Waals surface area contributed by atoms with E-state index in [1.807, 2.05) is 76.8 Å². The van der Waals surface area contributed by atoms with Gasteiger partial charge in [0.25, 0.3) is 0 Å². The molecule has 2 atom stereocenters. The molecule has 0 spiro atoms. The molecule has 1 saturated heterocycles. The minimum Gasteiger partial charge on any atom is -0.447 e. The van der Waals surface area contributed by atoms with Crippen molar-refractivity contribution in [3.05, 3.63) is 36.2 Å². The van der Waals surface area contributed by atoms with Gasteiger partial charge in [0.15, 0.2) is 0 Å². The third-order valence-corrected chi connectivity index (χ3v) is 7.57. The first-order valence-electron chi connectivity index (χ1n) is 14.9. The minimum atomic E-state index is -0.500. The van der Waals surface area contributed by atoms with Crippen molar-refractivity contribution in [2.24, 2.45) is 0 Å². The summed E-state index contributed by atoms with van der Waals surface area (Å²) in [6.07, 6.45) is 5.19. The number of ether oxygens (including phenoxy) is 2. The Balaban J connectivity index is 1.38. The maximum atomic E-state index is 12.5. The molecule has 2 aliphatic rings. The summed E-state index contributed by atoms with van der Waals surface area (Å²) in [7, 11) is 0. The van der Waals surface area contributed by atoms with Crippen molar-refractivity contribution in [1.29, 1.82) is 0 Å². The van der Waals surface area contributed by atoms with E-state index in [2.05, 4.69) is 20.6 Å². The van der Waals surface area contributed by atoms with E-state index in [0.29, 0.717) is 6.42 Å². The fraction of sp³-hybridized carbons (Fsp3) is 0.613. The van der Waals surface area contributed by atoms with Crippen LogP contribution in [-0.4, -0.2) is 76.2 Å². The van der Waals surface area contributed by atoms with E-state index in [0.717, 1.165) is 61.4 Å². The summed E-state index contributed by atoms with van der Waals surface area (Å²) >= 11 is 0. The summed E-state index contributed by atoms with van der Waals surface area (Å²) in [5, 5.41) is 10.6. The van der Waals surface area contributed by atoms with Crippen LogP contribution >= 0.6 is 0 Å². The molecule has 3 amide bonds. The van der Waals surface area contributed by atoms with E-state index in [1.165, 1.54) is 0 Å². The zero-order chi connectivity index (χ0) is 30.6. The van der Waals surface area contributed by atoms with Crippen LogP contribution in [0.2, 0.25) is 0 Å². The monoisotopic (exact) mass is 582 g/mol. The van der Waals surface area contributed by atoms with Gasteiger partial charge in [-0.05, 0) is 84.1 Å². The van der Waals surface area contributed by atoms with Gasteiger partial charge in [0.05, 0.1) is 24.9 Å². The summed E-state index contributed by atoms with van der Waals surface area (Å²) < 4.78 is 12.7. The van der Waals surface area contributed by atoms with Gasteiger partial charge in [0, 0.05) is 56.1 Å². The quantitative estimate of drug-likeness (QED) is 0.479. The van der Waals surface area contributed by atoms with Crippen molar-refractivity contribution >= 4 is 23.8 Å². The van der Waals surface area contributed by atoms with Gasteiger partial charge in [-0.2, -0.15) is 5.10 Å². The molecule has 1 aromatic heterocycles. The van der Waals surface area contributed by atoms with Crippen LogP contribution in [0.1, 0.15) is 79.3 Å². The predicted octanol–water partition coefficient (Wildman–Crippen LogP) is 4.86. The molecule has 3 heterocycles. The van der Waals surface area contributed by atoms with Gasteiger partial charge in [-0.15, -0.1) is 0 Å². The molecule has 4 rings (SSSR count). The van der Waals surface area contributed by atoms with E-state index >= 15 is 0 Å². The lowest BCUT2D eigenvalue weighted by Crippen LogP contribution is -2.46. The Hall–Kier alpha value is -3.60. The number of hydrogen-bond acceptors (Lipinski definition) is 7. The fourth-order valence-corrected chi connectivity index (χ4v) is 5.70. The second kappa shape index (κ2) is 13.1. The predicted molar refractivity (Wildman–Crippen MR) is 161 cm³/mol. The molecule has 0 aliphatic carbocycles. The number of amides is 3. The smallest absolute Gasteiger partial charge is 0.407 e. The highest BCUT2D eigenvalue weighted by Crippen LogP contribution is 2.39. The SMILES string of the molecule is CC(=O)N1c2ccc(-c3cnn(CCN4CCC(NC(=O)OC(C)(C)C)CC4)c3)cc2[C@@H](NC(=O)OC(C)C)C[C@H]1C. The Morgan fingerprint density at radius 1 is 1.05 bits per heavy atom. The highest BCUT2D eigenvalue weighted by atomic mass is 16.6. The average Bonchev–Trinajstić information content (AvgIpc) is 3.35. The van der Waals surface area contributed by atoms with E-state index < -0.39 is 11.7 Å². The molecule has 2 N–H and O–H groups in total. The number of carbonyl (C=O) groups excluding carboxylic acids is 3. The van der Waals surface area contributed by atoms with Crippen LogP contribution in [0.25, 0.3) is 11.1 Å². The molecule has 2 aliphatic heterocycles. The first-order chi connectivity index (χ1) is 19.8. The van der Waals surface area contributed by atoms with E-state index in [1.54, 1.807) is 11.8 Å². The van der Waals surface area contributed by atoms with Gasteiger partial charge >= 0.3 is 12.2 Å². The molecule has 0 radical (unpaired) electrons. The number of likely N-dealkylation sites (tertiary alicyclic amines) is 1. The second-order valence-corrected chi connectivity index (χ2v) is 12.7.